The Labute approximate surface area is 181 Å². The molecule has 146 valence electrons. The molecular weight excluding hydrogens is 435 g/mol. The highest BCUT2D eigenvalue weighted by Crippen LogP contribution is 2.24. The van der Waals surface area contributed by atoms with Crippen LogP contribution in [0.1, 0.15) is 26.3 Å². The summed E-state index contributed by atoms with van der Waals surface area (Å²) in [5, 5.41) is 5.47. The van der Waals surface area contributed by atoms with E-state index in [0.717, 1.165) is 0 Å². The van der Waals surface area contributed by atoms with Gasteiger partial charge in [0.15, 0.2) is 5.78 Å². The molecule has 3 aromatic rings. The van der Waals surface area contributed by atoms with E-state index >= 15 is 0 Å². The lowest BCUT2D eigenvalue weighted by molar-refractivity contribution is 0.0966. The number of imide groups is 1. The summed E-state index contributed by atoms with van der Waals surface area (Å²) in [6, 6.07) is 16.6. The molecule has 0 aromatic heterocycles. The van der Waals surface area contributed by atoms with Gasteiger partial charge in [-0.3, -0.25) is 14.9 Å². The monoisotopic (exact) mass is 446 g/mol. The largest absolute Gasteiger partial charge is 0.326 e. The van der Waals surface area contributed by atoms with E-state index in [1.807, 2.05) is 0 Å². The molecule has 3 rings (SSSR count). The van der Waals surface area contributed by atoms with Gasteiger partial charge in [0.25, 0.3) is 5.91 Å². The second-order valence-corrected chi connectivity index (χ2v) is 7.17. The third kappa shape index (κ3) is 5.15. The molecule has 5 nitrogen and oxygen atoms in total. The maximum Gasteiger partial charge on any atom is 0.326 e. The Morgan fingerprint density at radius 3 is 1.76 bits per heavy atom. The van der Waals surface area contributed by atoms with Crippen LogP contribution in [-0.2, 0) is 0 Å². The number of hydrogen-bond acceptors (Lipinski definition) is 3. The number of urea groups is 1. The lowest BCUT2D eigenvalue weighted by Crippen LogP contribution is -2.34. The predicted molar refractivity (Wildman–Crippen MR) is 114 cm³/mol. The van der Waals surface area contributed by atoms with E-state index in [-0.39, 0.29) is 21.4 Å². The third-order valence-corrected chi connectivity index (χ3v) is 4.81. The first kappa shape index (κ1) is 20.9. The summed E-state index contributed by atoms with van der Waals surface area (Å²) in [4.78, 5) is 36.7. The van der Waals surface area contributed by atoms with Crippen molar-refractivity contribution in [1.82, 2.24) is 5.32 Å². The molecule has 0 fully saturated rings. The molecule has 0 bridgehead atoms. The molecular formula is C21H13Cl3N2O3. The Hall–Kier alpha value is -2.86. The molecule has 8 heteroatoms. The molecule has 0 saturated carbocycles. The van der Waals surface area contributed by atoms with Crippen molar-refractivity contribution in [3.8, 4) is 0 Å². The summed E-state index contributed by atoms with van der Waals surface area (Å²) >= 11 is 17.7. The lowest BCUT2D eigenvalue weighted by Gasteiger charge is -2.09. The van der Waals surface area contributed by atoms with Crippen LogP contribution in [0.4, 0.5) is 10.5 Å². The number of nitrogens with one attached hydrogen (secondary N) is 2. The van der Waals surface area contributed by atoms with Gasteiger partial charge in [-0.05, 0) is 60.7 Å². The van der Waals surface area contributed by atoms with Gasteiger partial charge in [0, 0.05) is 21.8 Å². The standard InChI is InChI=1S/C21H13Cl3N2O3/c22-14-8-4-12(5-9-14)19(27)13-6-10-15(11-7-13)25-21(29)26-20(28)18-16(23)2-1-3-17(18)24/h1-11H,(H2,25,26,28,29). The Bertz CT molecular complexity index is 1060. The molecule has 0 spiro atoms. The number of carbonyl (C=O) groups excluding carboxylic acids is 3. The average Bonchev–Trinajstić information content (AvgIpc) is 2.68. The normalized spacial score (nSPS) is 10.3. The second kappa shape index (κ2) is 9.09. The highest BCUT2D eigenvalue weighted by molar-refractivity contribution is 6.40. The number of amides is 3. The summed E-state index contributed by atoms with van der Waals surface area (Å²) in [5.74, 6) is -0.908. The van der Waals surface area contributed by atoms with Crippen molar-refractivity contribution in [2.45, 2.75) is 0 Å². The van der Waals surface area contributed by atoms with Crippen molar-refractivity contribution in [1.29, 1.82) is 0 Å². The van der Waals surface area contributed by atoms with Crippen LogP contribution in [0.5, 0.6) is 0 Å². The Morgan fingerprint density at radius 1 is 0.690 bits per heavy atom. The fourth-order valence-corrected chi connectivity index (χ4v) is 3.21. The number of hydrogen-bond donors (Lipinski definition) is 2. The molecule has 0 aliphatic heterocycles. The SMILES string of the molecule is O=C(NC(=O)c1c(Cl)cccc1Cl)Nc1ccc(C(=O)c2ccc(Cl)cc2)cc1. The van der Waals surface area contributed by atoms with Gasteiger partial charge < -0.3 is 5.32 Å². The van der Waals surface area contributed by atoms with Gasteiger partial charge >= 0.3 is 6.03 Å². The van der Waals surface area contributed by atoms with Gasteiger partial charge in [0.05, 0.1) is 15.6 Å². The summed E-state index contributed by atoms with van der Waals surface area (Å²) < 4.78 is 0. The van der Waals surface area contributed by atoms with Crippen LogP contribution < -0.4 is 10.6 Å². The second-order valence-electron chi connectivity index (χ2n) is 5.92. The molecule has 29 heavy (non-hydrogen) atoms. The lowest BCUT2D eigenvalue weighted by atomic mass is 10.0. The van der Waals surface area contributed by atoms with Crippen molar-refractivity contribution >= 4 is 58.2 Å². The number of rotatable bonds is 4. The van der Waals surface area contributed by atoms with Crippen LogP contribution in [-0.4, -0.2) is 17.7 Å². The minimum Gasteiger partial charge on any atom is -0.308 e. The van der Waals surface area contributed by atoms with Crippen molar-refractivity contribution in [2.75, 3.05) is 5.32 Å². The van der Waals surface area contributed by atoms with Crippen LogP contribution in [0.25, 0.3) is 0 Å². The number of anilines is 1. The van der Waals surface area contributed by atoms with Crippen molar-refractivity contribution in [2.24, 2.45) is 0 Å². The topological polar surface area (TPSA) is 75.3 Å². The average molecular weight is 448 g/mol. The molecule has 0 aliphatic rings. The van der Waals surface area contributed by atoms with E-state index in [1.54, 1.807) is 54.6 Å². The maximum atomic E-state index is 12.4. The Morgan fingerprint density at radius 2 is 1.21 bits per heavy atom. The minimum absolute atomic E-state index is 0.00916. The first-order valence-corrected chi connectivity index (χ1v) is 9.45. The zero-order valence-electron chi connectivity index (χ0n) is 14.7. The summed E-state index contributed by atoms with van der Waals surface area (Å²) in [7, 11) is 0. The van der Waals surface area contributed by atoms with E-state index in [2.05, 4.69) is 10.6 Å². The number of benzene rings is 3. The molecule has 0 saturated heterocycles. The zero-order valence-corrected chi connectivity index (χ0v) is 17.0. The van der Waals surface area contributed by atoms with Crippen LogP contribution in [0.3, 0.4) is 0 Å². The van der Waals surface area contributed by atoms with Gasteiger partial charge in [0.2, 0.25) is 0 Å². The first-order valence-electron chi connectivity index (χ1n) is 8.32. The zero-order chi connectivity index (χ0) is 21.0. The van der Waals surface area contributed by atoms with Crippen LogP contribution in [0, 0.1) is 0 Å². The molecule has 0 unspecified atom stereocenters. The molecule has 2 N–H and O–H groups in total. The van der Waals surface area contributed by atoms with Crippen molar-refractivity contribution < 1.29 is 14.4 Å². The predicted octanol–water partition coefficient (Wildman–Crippen LogP) is 5.84. The van der Waals surface area contributed by atoms with E-state index in [0.29, 0.717) is 21.8 Å². The van der Waals surface area contributed by atoms with Gasteiger partial charge in [-0.15, -0.1) is 0 Å². The molecule has 3 amide bonds. The fourth-order valence-electron chi connectivity index (χ4n) is 2.52. The highest BCUT2D eigenvalue weighted by atomic mass is 35.5. The van der Waals surface area contributed by atoms with Crippen LogP contribution in [0.15, 0.2) is 66.7 Å². The van der Waals surface area contributed by atoms with Crippen LogP contribution >= 0.6 is 34.8 Å². The number of carbonyl (C=O) groups is 3. The van der Waals surface area contributed by atoms with Gasteiger partial charge in [0.1, 0.15) is 0 Å². The number of halogens is 3. The quantitative estimate of drug-likeness (QED) is 0.493. The third-order valence-electron chi connectivity index (χ3n) is 3.93. The van der Waals surface area contributed by atoms with E-state index < -0.39 is 11.9 Å². The van der Waals surface area contributed by atoms with E-state index in [4.69, 9.17) is 34.8 Å². The van der Waals surface area contributed by atoms with Crippen molar-refractivity contribution in [3.63, 3.8) is 0 Å². The molecule has 0 atom stereocenters. The van der Waals surface area contributed by atoms with Crippen LogP contribution in [0.2, 0.25) is 15.1 Å². The van der Waals surface area contributed by atoms with Gasteiger partial charge in [-0.1, -0.05) is 40.9 Å². The maximum absolute atomic E-state index is 12.4. The minimum atomic E-state index is -0.761. The Kier molecular flexibility index (Phi) is 6.54. The fraction of sp³-hybridized carbons (Fsp3) is 0. The molecule has 0 radical (unpaired) electrons. The van der Waals surface area contributed by atoms with E-state index in [9.17, 15) is 14.4 Å². The highest BCUT2D eigenvalue weighted by Gasteiger charge is 2.17. The van der Waals surface area contributed by atoms with Gasteiger partial charge in [-0.25, -0.2) is 4.79 Å². The first-order chi connectivity index (χ1) is 13.8. The summed E-state index contributed by atoms with van der Waals surface area (Å²) in [5.41, 5.74) is 1.34. The van der Waals surface area contributed by atoms with Crippen molar-refractivity contribution in [3.05, 3.63) is 98.5 Å². The Balaban J connectivity index is 1.65. The smallest absolute Gasteiger partial charge is 0.308 e. The molecule has 0 heterocycles. The number of ketones is 1. The van der Waals surface area contributed by atoms with E-state index in [1.165, 1.54) is 12.1 Å². The summed E-state index contributed by atoms with van der Waals surface area (Å²) in [6.45, 7) is 0. The molecule has 3 aromatic carbocycles. The van der Waals surface area contributed by atoms with Gasteiger partial charge in [-0.2, -0.15) is 0 Å². The molecule has 0 aliphatic carbocycles. The summed E-state index contributed by atoms with van der Waals surface area (Å²) in [6.07, 6.45) is 0.